The van der Waals surface area contributed by atoms with Crippen LogP contribution in [0.2, 0.25) is 0 Å². The SMILES string of the molecule is C[N+](=CC=C1c2ccccc2[Se]c2ccccc21)c1ccccc1. The van der Waals surface area contributed by atoms with Crippen molar-refractivity contribution >= 4 is 41.4 Å². The van der Waals surface area contributed by atoms with Crippen LogP contribution in [0.5, 0.6) is 0 Å². The molecule has 0 amide bonds. The fourth-order valence-corrected chi connectivity index (χ4v) is 5.26. The fourth-order valence-electron chi connectivity index (χ4n) is 2.93. The summed E-state index contributed by atoms with van der Waals surface area (Å²) < 4.78 is 5.09. The Balaban J connectivity index is 1.83. The van der Waals surface area contributed by atoms with E-state index in [0.29, 0.717) is 15.0 Å². The first kappa shape index (κ1) is 15.1. The van der Waals surface area contributed by atoms with E-state index in [9.17, 15) is 0 Å². The third-order valence-corrected chi connectivity index (χ3v) is 6.62. The average Bonchev–Trinajstić information content (AvgIpc) is 2.65. The number of rotatable bonds is 2. The molecule has 1 heterocycles. The molecule has 0 saturated carbocycles. The molecule has 0 radical (unpaired) electrons. The van der Waals surface area contributed by atoms with E-state index in [1.165, 1.54) is 31.3 Å². The summed E-state index contributed by atoms with van der Waals surface area (Å²) >= 11 is 0.385. The van der Waals surface area contributed by atoms with Crippen LogP contribution in [0, 0.1) is 0 Å². The molecule has 0 aromatic heterocycles. The van der Waals surface area contributed by atoms with Gasteiger partial charge in [0.25, 0.3) is 0 Å². The Kier molecular flexibility index (Phi) is 4.17. The molecule has 0 bridgehead atoms. The molecule has 24 heavy (non-hydrogen) atoms. The van der Waals surface area contributed by atoms with Crippen LogP contribution in [-0.4, -0.2) is 32.8 Å². The maximum atomic E-state index is 2.26. The van der Waals surface area contributed by atoms with Crippen LogP contribution in [0.4, 0.5) is 5.69 Å². The standard InChI is InChI=1S/C22H18NSe/c1-23(17-9-3-2-4-10-17)16-15-18-19-11-5-7-13-21(19)24-22-14-8-6-12-20(18)22/h2-16H,1H3/q+1. The minimum atomic E-state index is 0.385. The third-order valence-electron chi connectivity index (χ3n) is 4.20. The van der Waals surface area contributed by atoms with Crippen LogP contribution in [-0.2, 0) is 0 Å². The third kappa shape index (κ3) is 2.87. The van der Waals surface area contributed by atoms with E-state index >= 15 is 0 Å². The predicted molar refractivity (Wildman–Crippen MR) is 103 cm³/mol. The van der Waals surface area contributed by atoms with Gasteiger partial charge in [0.1, 0.15) is 0 Å². The average molecular weight is 375 g/mol. The second-order valence-electron chi connectivity index (χ2n) is 5.77. The van der Waals surface area contributed by atoms with Crippen molar-refractivity contribution in [2.75, 3.05) is 7.05 Å². The fraction of sp³-hybridized carbons (Fsp3) is 0.0455. The normalized spacial score (nSPS) is 13.2. The molecule has 2 heteroatoms. The number of fused-ring (bicyclic) bond motifs is 2. The Bertz CT molecular complexity index is 891. The molecule has 0 saturated heterocycles. The van der Waals surface area contributed by atoms with Gasteiger partial charge < -0.3 is 0 Å². The molecule has 0 unspecified atom stereocenters. The zero-order valence-electron chi connectivity index (χ0n) is 13.5. The van der Waals surface area contributed by atoms with Gasteiger partial charge in [-0.25, -0.2) is 0 Å². The first-order valence-electron chi connectivity index (χ1n) is 8.02. The van der Waals surface area contributed by atoms with Crippen molar-refractivity contribution in [1.82, 2.24) is 0 Å². The van der Waals surface area contributed by atoms with Gasteiger partial charge >= 0.3 is 149 Å². The summed E-state index contributed by atoms with van der Waals surface area (Å²) in [5, 5.41) is 0. The molecule has 0 atom stereocenters. The zero-order chi connectivity index (χ0) is 16.4. The van der Waals surface area contributed by atoms with Gasteiger partial charge in [-0.2, -0.15) is 0 Å². The van der Waals surface area contributed by atoms with Crippen LogP contribution >= 0.6 is 0 Å². The summed E-state index contributed by atoms with van der Waals surface area (Å²) in [5.74, 6) is 0. The molecular formula is C22H18NSe+. The molecule has 1 nitrogen and oxygen atoms in total. The van der Waals surface area contributed by atoms with E-state index in [2.05, 4.69) is 96.7 Å². The van der Waals surface area contributed by atoms with Gasteiger partial charge in [0.05, 0.1) is 0 Å². The first-order chi connectivity index (χ1) is 11.8. The second-order valence-corrected chi connectivity index (χ2v) is 8.04. The van der Waals surface area contributed by atoms with Crippen molar-refractivity contribution in [3.63, 3.8) is 0 Å². The number of nitrogens with zero attached hydrogens (tertiary/aromatic N) is 1. The number of para-hydroxylation sites is 1. The Morgan fingerprint density at radius 2 is 1.25 bits per heavy atom. The van der Waals surface area contributed by atoms with Crippen molar-refractivity contribution in [1.29, 1.82) is 0 Å². The van der Waals surface area contributed by atoms with Crippen LogP contribution < -0.4 is 8.92 Å². The molecule has 1 aliphatic heterocycles. The zero-order valence-corrected chi connectivity index (χ0v) is 15.2. The number of hydrogen-bond donors (Lipinski definition) is 0. The van der Waals surface area contributed by atoms with Gasteiger partial charge in [-0.05, 0) is 0 Å². The van der Waals surface area contributed by atoms with Gasteiger partial charge in [-0.1, -0.05) is 0 Å². The molecule has 1 aliphatic rings. The summed E-state index contributed by atoms with van der Waals surface area (Å²) in [5.41, 5.74) is 5.25. The molecule has 4 rings (SSSR count). The van der Waals surface area contributed by atoms with Crippen molar-refractivity contribution in [3.05, 3.63) is 96.1 Å². The summed E-state index contributed by atoms with van der Waals surface area (Å²) in [4.78, 5) is 0. The van der Waals surface area contributed by atoms with E-state index in [1.54, 1.807) is 0 Å². The van der Waals surface area contributed by atoms with Gasteiger partial charge in [0.2, 0.25) is 0 Å². The molecule has 116 valence electrons. The summed E-state index contributed by atoms with van der Waals surface area (Å²) in [7, 11) is 2.09. The topological polar surface area (TPSA) is 3.01 Å². The molecule has 0 fully saturated rings. The van der Waals surface area contributed by atoms with Crippen LogP contribution in [0.25, 0.3) is 5.57 Å². The van der Waals surface area contributed by atoms with Crippen molar-refractivity contribution in [2.45, 2.75) is 0 Å². The van der Waals surface area contributed by atoms with E-state index in [0.717, 1.165) is 0 Å². The summed E-state index contributed by atoms with van der Waals surface area (Å²) in [6, 6.07) is 28.0. The Morgan fingerprint density at radius 3 is 1.88 bits per heavy atom. The first-order valence-corrected chi connectivity index (χ1v) is 9.74. The predicted octanol–water partition coefficient (Wildman–Crippen LogP) is 3.13. The molecule has 3 aromatic carbocycles. The van der Waals surface area contributed by atoms with Gasteiger partial charge in [-0.15, -0.1) is 0 Å². The van der Waals surface area contributed by atoms with E-state index in [-0.39, 0.29) is 0 Å². The molecule has 0 N–H and O–H groups in total. The van der Waals surface area contributed by atoms with E-state index in [4.69, 9.17) is 0 Å². The molecular weight excluding hydrogens is 357 g/mol. The van der Waals surface area contributed by atoms with Crippen molar-refractivity contribution < 1.29 is 4.58 Å². The monoisotopic (exact) mass is 376 g/mol. The number of benzene rings is 3. The molecule has 0 spiro atoms. The van der Waals surface area contributed by atoms with Gasteiger partial charge in [0, 0.05) is 0 Å². The second kappa shape index (κ2) is 6.60. The quantitative estimate of drug-likeness (QED) is 0.288. The number of hydrogen-bond acceptors (Lipinski definition) is 0. The Hall–Kier alpha value is -2.41. The van der Waals surface area contributed by atoms with Gasteiger partial charge in [0.15, 0.2) is 0 Å². The van der Waals surface area contributed by atoms with Crippen LogP contribution in [0.3, 0.4) is 0 Å². The van der Waals surface area contributed by atoms with Crippen molar-refractivity contribution in [3.8, 4) is 0 Å². The Morgan fingerprint density at radius 1 is 0.708 bits per heavy atom. The molecule has 3 aromatic rings. The van der Waals surface area contributed by atoms with Crippen molar-refractivity contribution in [2.24, 2.45) is 0 Å². The van der Waals surface area contributed by atoms with Crippen LogP contribution in [0.15, 0.2) is 84.9 Å². The van der Waals surface area contributed by atoms with E-state index in [1.807, 2.05) is 6.07 Å². The molecule has 0 aliphatic carbocycles. The van der Waals surface area contributed by atoms with Crippen LogP contribution in [0.1, 0.15) is 11.1 Å². The maximum absolute atomic E-state index is 2.26. The summed E-state index contributed by atoms with van der Waals surface area (Å²) in [6.07, 6.45) is 4.41. The summed E-state index contributed by atoms with van der Waals surface area (Å²) in [6.45, 7) is 0. The van der Waals surface area contributed by atoms with Gasteiger partial charge in [-0.3, -0.25) is 0 Å². The minimum absolute atomic E-state index is 0.385. The van der Waals surface area contributed by atoms with E-state index < -0.39 is 0 Å². The Labute approximate surface area is 149 Å². The number of allylic oxidation sites excluding steroid dienone is 1.